The Morgan fingerprint density at radius 3 is 2.50 bits per heavy atom. The van der Waals surface area contributed by atoms with E-state index < -0.39 is 12.6 Å². The van der Waals surface area contributed by atoms with Gasteiger partial charge in [-0.2, -0.15) is 13.2 Å². The van der Waals surface area contributed by atoms with Gasteiger partial charge in [0.1, 0.15) is 0 Å². The lowest BCUT2D eigenvalue weighted by Crippen LogP contribution is -2.19. The second-order valence-corrected chi connectivity index (χ2v) is 5.17. The first-order chi connectivity index (χ1) is 6.49. The molecule has 1 fully saturated rings. The van der Waals surface area contributed by atoms with Crippen molar-refractivity contribution in [3.8, 4) is 0 Å². The molecule has 0 aromatic heterocycles. The Kier molecular flexibility index (Phi) is 4.96. The Morgan fingerprint density at radius 2 is 2.00 bits per heavy atom. The summed E-state index contributed by atoms with van der Waals surface area (Å²) in [5.74, 6) is 0. The van der Waals surface area contributed by atoms with E-state index in [1.165, 1.54) is 0 Å². The van der Waals surface area contributed by atoms with Crippen molar-refractivity contribution in [3.63, 3.8) is 0 Å². The Balaban J connectivity index is 2.04. The Morgan fingerprint density at radius 1 is 1.29 bits per heavy atom. The minimum atomic E-state index is -4.04. The Hall–Kier alpha value is 0.480. The van der Waals surface area contributed by atoms with E-state index >= 15 is 0 Å². The van der Waals surface area contributed by atoms with Crippen molar-refractivity contribution >= 4 is 22.6 Å². The summed E-state index contributed by atoms with van der Waals surface area (Å²) in [6.07, 6.45) is -1.23. The molecule has 0 aromatic rings. The maximum absolute atomic E-state index is 11.8. The lowest BCUT2D eigenvalue weighted by Gasteiger charge is -2.15. The first-order valence-electron chi connectivity index (χ1n) is 4.81. The van der Waals surface area contributed by atoms with Crippen LogP contribution < -0.4 is 0 Å². The third kappa shape index (κ3) is 4.82. The summed E-state index contributed by atoms with van der Waals surface area (Å²) in [5.41, 5.74) is 0. The average Bonchev–Trinajstić information content (AvgIpc) is 2.44. The van der Waals surface area contributed by atoms with E-state index in [-0.39, 0.29) is 19.1 Å². The van der Waals surface area contributed by atoms with Crippen LogP contribution in [0.5, 0.6) is 0 Å². The van der Waals surface area contributed by atoms with Crippen LogP contribution >= 0.6 is 22.6 Å². The summed E-state index contributed by atoms with van der Waals surface area (Å²) in [4.78, 5) is 0. The first-order valence-corrected chi connectivity index (χ1v) is 6.06. The summed E-state index contributed by atoms with van der Waals surface area (Å²) < 4.78 is 41.2. The van der Waals surface area contributed by atoms with E-state index in [1.807, 2.05) is 0 Å². The van der Waals surface area contributed by atoms with E-state index in [9.17, 15) is 13.2 Å². The molecule has 1 nitrogen and oxygen atoms in total. The average molecular weight is 322 g/mol. The van der Waals surface area contributed by atoms with E-state index in [0.29, 0.717) is 3.92 Å². The van der Waals surface area contributed by atoms with E-state index in [4.69, 9.17) is 4.74 Å². The molecule has 84 valence electrons. The Labute approximate surface area is 95.5 Å². The molecule has 0 heterocycles. The lowest BCUT2D eigenvalue weighted by molar-refractivity contribution is -0.138. The predicted octanol–water partition coefficient (Wildman–Crippen LogP) is 3.70. The van der Waals surface area contributed by atoms with Crippen molar-refractivity contribution < 1.29 is 17.9 Å². The highest BCUT2D eigenvalue weighted by atomic mass is 127. The van der Waals surface area contributed by atoms with Crippen molar-refractivity contribution in [1.29, 1.82) is 0 Å². The number of rotatable bonds is 4. The van der Waals surface area contributed by atoms with Crippen LogP contribution in [-0.2, 0) is 4.74 Å². The fraction of sp³-hybridized carbons (Fsp3) is 1.00. The van der Waals surface area contributed by atoms with Gasteiger partial charge in [-0.25, -0.2) is 0 Å². The van der Waals surface area contributed by atoms with Gasteiger partial charge in [-0.05, 0) is 25.7 Å². The maximum Gasteiger partial charge on any atom is 0.389 e. The van der Waals surface area contributed by atoms with Crippen LogP contribution in [0.4, 0.5) is 13.2 Å². The topological polar surface area (TPSA) is 9.23 Å². The largest absolute Gasteiger partial charge is 0.389 e. The molecule has 0 bridgehead atoms. The minimum Gasteiger partial charge on any atom is -0.377 e. The van der Waals surface area contributed by atoms with Gasteiger partial charge in [-0.15, -0.1) is 0 Å². The molecule has 1 aliphatic rings. The number of ether oxygens (including phenoxy) is 1. The number of hydrogen-bond donors (Lipinski definition) is 0. The fourth-order valence-electron chi connectivity index (χ4n) is 1.58. The minimum absolute atomic E-state index is 0.0867. The highest BCUT2D eigenvalue weighted by Gasteiger charge is 2.28. The zero-order valence-corrected chi connectivity index (χ0v) is 9.97. The van der Waals surface area contributed by atoms with Gasteiger partial charge in [0.15, 0.2) is 0 Å². The van der Waals surface area contributed by atoms with Crippen LogP contribution in [0.2, 0.25) is 0 Å². The second-order valence-electron chi connectivity index (χ2n) is 3.57. The van der Waals surface area contributed by atoms with Crippen molar-refractivity contribution in [2.75, 3.05) is 6.61 Å². The fourth-order valence-corrected chi connectivity index (χ4v) is 2.58. The first kappa shape index (κ1) is 12.5. The Bertz CT molecular complexity index is 172. The molecule has 1 saturated carbocycles. The number of alkyl halides is 4. The molecule has 14 heavy (non-hydrogen) atoms. The predicted molar refractivity (Wildman–Crippen MR) is 56.7 cm³/mol. The molecule has 0 aromatic carbocycles. The summed E-state index contributed by atoms with van der Waals surface area (Å²) in [6, 6.07) is 0. The maximum atomic E-state index is 11.8. The summed E-state index contributed by atoms with van der Waals surface area (Å²) >= 11 is 2.31. The molecule has 0 N–H and O–H groups in total. The van der Waals surface area contributed by atoms with Crippen LogP contribution in [0.1, 0.15) is 32.1 Å². The van der Waals surface area contributed by atoms with Gasteiger partial charge < -0.3 is 4.74 Å². The van der Waals surface area contributed by atoms with E-state index in [0.717, 1.165) is 19.3 Å². The summed E-state index contributed by atoms with van der Waals surface area (Å²) in [7, 11) is 0. The van der Waals surface area contributed by atoms with Gasteiger partial charge in [0.05, 0.1) is 6.10 Å². The molecule has 0 radical (unpaired) electrons. The molecule has 0 aliphatic heterocycles. The smallest absolute Gasteiger partial charge is 0.377 e. The van der Waals surface area contributed by atoms with E-state index in [1.54, 1.807) is 0 Å². The molecule has 2 unspecified atom stereocenters. The normalized spacial score (nSPS) is 28.3. The molecule has 0 spiro atoms. The quantitative estimate of drug-likeness (QED) is 0.436. The molecule has 1 aliphatic carbocycles. The van der Waals surface area contributed by atoms with Gasteiger partial charge in [0.25, 0.3) is 0 Å². The standard InChI is InChI=1S/C9H14F3IO/c10-9(11,12)5-2-6-14-8-4-1-3-7(8)13/h7-8H,1-6H2. The highest BCUT2D eigenvalue weighted by Crippen LogP contribution is 2.29. The molecule has 1 rings (SSSR count). The third-order valence-corrected chi connectivity index (χ3v) is 3.73. The van der Waals surface area contributed by atoms with Gasteiger partial charge >= 0.3 is 6.18 Å². The van der Waals surface area contributed by atoms with Gasteiger partial charge in [-0.1, -0.05) is 22.6 Å². The summed E-state index contributed by atoms with van der Waals surface area (Å²) in [5, 5.41) is 0. The van der Waals surface area contributed by atoms with Crippen LogP contribution in [0.15, 0.2) is 0 Å². The lowest BCUT2D eigenvalue weighted by atomic mass is 10.3. The summed E-state index contributed by atoms with van der Waals surface area (Å²) in [6.45, 7) is 0.240. The van der Waals surface area contributed by atoms with Crippen molar-refractivity contribution in [2.24, 2.45) is 0 Å². The molecule has 0 amide bonds. The van der Waals surface area contributed by atoms with Gasteiger partial charge in [0.2, 0.25) is 0 Å². The second kappa shape index (κ2) is 5.53. The van der Waals surface area contributed by atoms with Crippen molar-refractivity contribution in [3.05, 3.63) is 0 Å². The van der Waals surface area contributed by atoms with Gasteiger partial charge in [-0.3, -0.25) is 0 Å². The number of hydrogen-bond acceptors (Lipinski definition) is 1. The van der Waals surface area contributed by atoms with Crippen LogP contribution in [-0.4, -0.2) is 22.8 Å². The number of halogens is 4. The SMILES string of the molecule is FC(F)(F)CCCOC1CCCC1I. The molecular formula is C9H14F3IO. The van der Waals surface area contributed by atoms with Crippen LogP contribution in [0.3, 0.4) is 0 Å². The molecule has 5 heteroatoms. The van der Waals surface area contributed by atoms with Crippen molar-refractivity contribution in [2.45, 2.75) is 48.3 Å². The highest BCUT2D eigenvalue weighted by molar-refractivity contribution is 14.1. The zero-order chi connectivity index (χ0) is 10.6. The molecular weight excluding hydrogens is 308 g/mol. The third-order valence-electron chi connectivity index (χ3n) is 2.31. The van der Waals surface area contributed by atoms with Crippen LogP contribution in [0.25, 0.3) is 0 Å². The van der Waals surface area contributed by atoms with E-state index in [2.05, 4.69) is 22.6 Å². The zero-order valence-electron chi connectivity index (χ0n) is 7.82. The van der Waals surface area contributed by atoms with Crippen LogP contribution in [0, 0.1) is 0 Å². The molecule has 2 atom stereocenters. The monoisotopic (exact) mass is 322 g/mol. The van der Waals surface area contributed by atoms with Crippen molar-refractivity contribution in [1.82, 2.24) is 0 Å². The van der Waals surface area contributed by atoms with Gasteiger partial charge in [0, 0.05) is 17.0 Å². The molecule has 0 saturated heterocycles.